The molecular formula is C24H19FN4O4S. The van der Waals surface area contributed by atoms with Gasteiger partial charge in [0.25, 0.3) is 0 Å². The Morgan fingerprint density at radius 2 is 1.88 bits per heavy atom. The summed E-state index contributed by atoms with van der Waals surface area (Å²) in [5.41, 5.74) is 1.61. The van der Waals surface area contributed by atoms with E-state index in [0.717, 1.165) is 17.3 Å². The number of amides is 1. The van der Waals surface area contributed by atoms with Gasteiger partial charge >= 0.3 is 0 Å². The molecular weight excluding hydrogens is 459 g/mol. The van der Waals surface area contributed by atoms with Crippen LogP contribution in [0.1, 0.15) is 0 Å². The number of halogens is 1. The lowest BCUT2D eigenvalue weighted by atomic mass is 10.2. The molecule has 10 heteroatoms. The van der Waals surface area contributed by atoms with Crippen LogP contribution in [0, 0.1) is 5.82 Å². The highest BCUT2D eigenvalue weighted by atomic mass is 32.2. The highest BCUT2D eigenvalue weighted by molar-refractivity contribution is 7.99. The molecule has 0 atom stereocenters. The second-order valence-electron chi connectivity index (χ2n) is 7.23. The molecule has 2 heterocycles. The van der Waals surface area contributed by atoms with Crippen molar-refractivity contribution in [1.29, 1.82) is 0 Å². The summed E-state index contributed by atoms with van der Waals surface area (Å²) in [6.07, 6.45) is 0. The first-order valence-corrected chi connectivity index (χ1v) is 11.3. The van der Waals surface area contributed by atoms with E-state index in [9.17, 15) is 9.18 Å². The number of methoxy groups -OCH3 is 1. The van der Waals surface area contributed by atoms with Gasteiger partial charge in [-0.05, 0) is 48.5 Å². The Bertz CT molecular complexity index is 1340. The molecule has 0 unspecified atom stereocenters. The number of ether oxygens (including phenoxy) is 3. The summed E-state index contributed by atoms with van der Waals surface area (Å²) >= 11 is 1.16. The van der Waals surface area contributed by atoms with E-state index in [1.54, 1.807) is 60.2 Å². The molecule has 1 aliphatic heterocycles. The van der Waals surface area contributed by atoms with Gasteiger partial charge in [-0.3, -0.25) is 9.36 Å². The van der Waals surface area contributed by atoms with Gasteiger partial charge in [0.05, 0.1) is 18.6 Å². The zero-order valence-electron chi connectivity index (χ0n) is 18.0. The zero-order chi connectivity index (χ0) is 23.5. The average Bonchev–Trinajstić information content (AvgIpc) is 3.50. The van der Waals surface area contributed by atoms with E-state index >= 15 is 0 Å². The molecule has 4 aromatic rings. The number of carbonyl (C=O) groups excluding carboxylic acids is 1. The Hall–Kier alpha value is -4.05. The highest BCUT2D eigenvalue weighted by Gasteiger charge is 2.20. The molecule has 1 N–H and O–H groups in total. The molecule has 5 rings (SSSR count). The molecule has 0 radical (unpaired) electrons. The van der Waals surface area contributed by atoms with Crippen LogP contribution in [0.25, 0.3) is 17.1 Å². The number of anilines is 1. The quantitative estimate of drug-likeness (QED) is 0.390. The molecule has 1 aromatic heterocycles. The van der Waals surface area contributed by atoms with Gasteiger partial charge in [0.1, 0.15) is 11.6 Å². The van der Waals surface area contributed by atoms with Crippen molar-refractivity contribution < 1.29 is 23.4 Å². The van der Waals surface area contributed by atoms with Crippen LogP contribution in [-0.2, 0) is 4.79 Å². The SMILES string of the molecule is COc1ccc(-c2nnc(SCC(=O)Nc3ccc4c(c3)OCO4)n2-c2ccccc2F)cc1. The number of hydrogen-bond acceptors (Lipinski definition) is 7. The molecule has 0 spiro atoms. The number of thioether (sulfide) groups is 1. The third-order valence-electron chi connectivity index (χ3n) is 5.06. The first-order valence-electron chi connectivity index (χ1n) is 10.3. The van der Waals surface area contributed by atoms with Crippen LogP contribution in [0.15, 0.2) is 71.9 Å². The number of carbonyl (C=O) groups is 1. The van der Waals surface area contributed by atoms with Gasteiger partial charge in [-0.2, -0.15) is 0 Å². The molecule has 0 fully saturated rings. The van der Waals surface area contributed by atoms with Crippen molar-refractivity contribution in [2.24, 2.45) is 0 Å². The summed E-state index contributed by atoms with van der Waals surface area (Å²) < 4.78 is 32.2. The van der Waals surface area contributed by atoms with E-state index in [-0.39, 0.29) is 24.1 Å². The predicted octanol–water partition coefficient (Wildman–Crippen LogP) is 4.54. The molecule has 0 aliphatic carbocycles. The fraction of sp³-hybridized carbons (Fsp3) is 0.125. The summed E-state index contributed by atoms with van der Waals surface area (Å²) in [6, 6.07) is 18.8. The van der Waals surface area contributed by atoms with Crippen LogP contribution in [0.3, 0.4) is 0 Å². The van der Waals surface area contributed by atoms with E-state index in [0.29, 0.717) is 33.9 Å². The van der Waals surface area contributed by atoms with Crippen LogP contribution >= 0.6 is 11.8 Å². The number of hydrogen-bond donors (Lipinski definition) is 1. The number of para-hydroxylation sites is 1. The smallest absolute Gasteiger partial charge is 0.234 e. The normalized spacial score (nSPS) is 11.9. The Labute approximate surface area is 198 Å². The Kier molecular flexibility index (Phi) is 6.05. The van der Waals surface area contributed by atoms with Gasteiger partial charge in [-0.25, -0.2) is 4.39 Å². The van der Waals surface area contributed by atoms with Gasteiger partial charge in [0.2, 0.25) is 12.7 Å². The number of nitrogens with one attached hydrogen (secondary N) is 1. The van der Waals surface area contributed by atoms with Crippen molar-refractivity contribution in [2.45, 2.75) is 5.16 Å². The lowest BCUT2D eigenvalue weighted by molar-refractivity contribution is -0.113. The minimum absolute atomic E-state index is 0.0453. The van der Waals surface area contributed by atoms with Crippen molar-refractivity contribution in [2.75, 3.05) is 25.0 Å². The minimum atomic E-state index is -0.427. The lowest BCUT2D eigenvalue weighted by Crippen LogP contribution is -2.14. The summed E-state index contributed by atoms with van der Waals surface area (Å²) in [5.74, 6) is 1.72. The summed E-state index contributed by atoms with van der Waals surface area (Å²) in [5, 5.41) is 11.7. The van der Waals surface area contributed by atoms with E-state index in [2.05, 4.69) is 15.5 Å². The topological polar surface area (TPSA) is 87.5 Å². The van der Waals surface area contributed by atoms with Gasteiger partial charge in [-0.15, -0.1) is 10.2 Å². The van der Waals surface area contributed by atoms with Gasteiger partial charge in [0.15, 0.2) is 22.5 Å². The highest BCUT2D eigenvalue weighted by Crippen LogP contribution is 2.34. The number of nitrogens with zero attached hydrogens (tertiary/aromatic N) is 3. The molecule has 3 aromatic carbocycles. The van der Waals surface area contributed by atoms with Gasteiger partial charge in [-0.1, -0.05) is 23.9 Å². The third-order valence-corrected chi connectivity index (χ3v) is 5.99. The summed E-state index contributed by atoms with van der Waals surface area (Å²) in [7, 11) is 1.58. The summed E-state index contributed by atoms with van der Waals surface area (Å²) in [6.45, 7) is 0.158. The molecule has 34 heavy (non-hydrogen) atoms. The number of fused-ring (bicyclic) bond motifs is 1. The number of benzene rings is 3. The molecule has 0 bridgehead atoms. The first kappa shape index (κ1) is 21.8. The maximum Gasteiger partial charge on any atom is 0.234 e. The van der Waals surface area contributed by atoms with Crippen molar-refractivity contribution in [3.05, 3.63) is 72.5 Å². The maximum absolute atomic E-state index is 14.7. The Morgan fingerprint density at radius 3 is 2.68 bits per heavy atom. The van der Waals surface area contributed by atoms with Crippen LogP contribution in [0.2, 0.25) is 0 Å². The standard InChI is InChI=1S/C24H19FN4O4S/c1-31-17-9-6-15(7-10-17)23-27-28-24(29(23)19-5-3-2-4-18(19)25)34-13-22(30)26-16-8-11-20-21(12-16)33-14-32-20/h2-12H,13-14H2,1H3,(H,26,30). The second kappa shape index (κ2) is 9.44. The minimum Gasteiger partial charge on any atom is -0.497 e. The second-order valence-corrected chi connectivity index (χ2v) is 8.17. The van der Waals surface area contributed by atoms with Gasteiger partial charge < -0.3 is 19.5 Å². The summed E-state index contributed by atoms with van der Waals surface area (Å²) in [4.78, 5) is 12.6. The van der Waals surface area contributed by atoms with Crippen LogP contribution in [0.4, 0.5) is 10.1 Å². The van der Waals surface area contributed by atoms with E-state index in [1.807, 2.05) is 12.1 Å². The van der Waals surface area contributed by atoms with Crippen molar-refractivity contribution in [3.63, 3.8) is 0 Å². The van der Waals surface area contributed by atoms with Crippen molar-refractivity contribution >= 4 is 23.4 Å². The molecule has 172 valence electrons. The number of rotatable bonds is 7. The molecule has 0 saturated carbocycles. The van der Waals surface area contributed by atoms with Crippen LogP contribution in [-0.4, -0.2) is 40.3 Å². The predicted molar refractivity (Wildman–Crippen MR) is 125 cm³/mol. The van der Waals surface area contributed by atoms with E-state index < -0.39 is 5.82 Å². The van der Waals surface area contributed by atoms with Crippen molar-refractivity contribution in [3.8, 4) is 34.3 Å². The van der Waals surface area contributed by atoms with Crippen LogP contribution < -0.4 is 19.5 Å². The molecule has 0 saturated heterocycles. The zero-order valence-corrected chi connectivity index (χ0v) is 18.8. The monoisotopic (exact) mass is 478 g/mol. The van der Waals surface area contributed by atoms with Crippen molar-refractivity contribution in [1.82, 2.24) is 14.8 Å². The largest absolute Gasteiger partial charge is 0.497 e. The Morgan fingerprint density at radius 1 is 1.09 bits per heavy atom. The Balaban J connectivity index is 1.39. The van der Waals surface area contributed by atoms with Gasteiger partial charge in [0, 0.05) is 17.3 Å². The molecule has 8 nitrogen and oxygen atoms in total. The molecule has 1 aliphatic rings. The fourth-order valence-electron chi connectivity index (χ4n) is 3.44. The third kappa shape index (κ3) is 4.40. The lowest BCUT2D eigenvalue weighted by Gasteiger charge is -2.12. The maximum atomic E-state index is 14.7. The first-order chi connectivity index (χ1) is 16.6. The van der Waals surface area contributed by atoms with E-state index in [4.69, 9.17) is 14.2 Å². The fourth-order valence-corrected chi connectivity index (χ4v) is 4.19. The average molecular weight is 479 g/mol. The number of aromatic nitrogens is 3. The van der Waals surface area contributed by atoms with Crippen LogP contribution in [0.5, 0.6) is 17.2 Å². The molecule has 1 amide bonds. The van der Waals surface area contributed by atoms with E-state index in [1.165, 1.54) is 6.07 Å².